The number of nitrogens with zero attached hydrogens (tertiary/aromatic N) is 1. The monoisotopic (exact) mass is 445 g/mol. The molecule has 0 saturated carbocycles. The van der Waals surface area contributed by atoms with Gasteiger partial charge in [0, 0.05) is 20.1 Å². The summed E-state index contributed by atoms with van der Waals surface area (Å²) in [5.74, 6) is 1.39. The van der Waals surface area contributed by atoms with Gasteiger partial charge in [0.05, 0.1) is 0 Å². The van der Waals surface area contributed by atoms with E-state index in [1.54, 1.807) is 19.2 Å². The van der Waals surface area contributed by atoms with E-state index in [9.17, 15) is 13.2 Å². The van der Waals surface area contributed by atoms with Crippen LogP contribution in [0.1, 0.15) is 19.4 Å². The van der Waals surface area contributed by atoms with Gasteiger partial charge in [-0.3, -0.25) is 4.99 Å². The van der Waals surface area contributed by atoms with Crippen molar-refractivity contribution in [2.45, 2.75) is 26.6 Å². The highest BCUT2D eigenvalue weighted by Crippen LogP contribution is 2.18. The molecule has 1 rings (SSSR count). The topological polar surface area (TPSA) is 45.7 Å². The minimum Gasteiger partial charge on any atom is -0.484 e. The number of halogens is 4. The number of hydrogen-bond acceptors (Lipinski definition) is 2. The maximum atomic E-state index is 12.0. The molecule has 0 aliphatic rings. The number of alkyl halides is 3. The third-order valence-corrected chi connectivity index (χ3v) is 2.69. The quantitative estimate of drug-likeness (QED) is 0.400. The maximum absolute atomic E-state index is 12.0. The highest BCUT2D eigenvalue weighted by molar-refractivity contribution is 14.0. The Labute approximate surface area is 151 Å². The molecule has 0 saturated heterocycles. The maximum Gasteiger partial charge on any atom is 0.422 e. The summed E-state index contributed by atoms with van der Waals surface area (Å²) in [6.07, 6.45) is -4.32. The smallest absolute Gasteiger partial charge is 0.422 e. The molecule has 0 aliphatic heterocycles. The predicted octanol–water partition coefficient (Wildman–Crippen LogP) is 3.57. The molecular formula is C15H23F3IN3O. The van der Waals surface area contributed by atoms with Crippen LogP contribution >= 0.6 is 24.0 Å². The van der Waals surface area contributed by atoms with Crippen molar-refractivity contribution in [1.82, 2.24) is 10.6 Å². The second-order valence-electron chi connectivity index (χ2n) is 5.25. The first kappa shape index (κ1) is 21.8. The van der Waals surface area contributed by atoms with Gasteiger partial charge in [-0.1, -0.05) is 26.0 Å². The molecule has 1 aromatic rings. The van der Waals surface area contributed by atoms with Crippen LogP contribution in [0.4, 0.5) is 13.2 Å². The first-order valence-corrected chi connectivity index (χ1v) is 7.03. The van der Waals surface area contributed by atoms with E-state index in [0.717, 1.165) is 12.1 Å². The number of hydrogen-bond donors (Lipinski definition) is 2. The molecule has 2 N–H and O–H groups in total. The van der Waals surface area contributed by atoms with Crippen LogP contribution in [0.2, 0.25) is 0 Å². The lowest BCUT2D eigenvalue weighted by molar-refractivity contribution is -0.153. The summed E-state index contributed by atoms with van der Waals surface area (Å²) in [6.45, 7) is 4.25. The Kier molecular flexibility index (Phi) is 10.0. The standard InChI is InChI=1S/C15H22F3N3O.HI/c1-11(2)8-20-14(19-3)21-9-12-4-6-13(7-5-12)22-10-15(16,17)18;/h4-7,11H,8-10H2,1-3H3,(H2,19,20,21);1H. The molecule has 4 nitrogen and oxygen atoms in total. The van der Waals surface area contributed by atoms with Gasteiger partial charge in [0.2, 0.25) is 0 Å². The van der Waals surface area contributed by atoms with Gasteiger partial charge in [0.25, 0.3) is 0 Å². The lowest BCUT2D eigenvalue weighted by Crippen LogP contribution is -2.38. The van der Waals surface area contributed by atoms with E-state index in [1.807, 2.05) is 0 Å². The molecule has 0 aromatic heterocycles. The Morgan fingerprint density at radius 3 is 2.26 bits per heavy atom. The van der Waals surface area contributed by atoms with E-state index < -0.39 is 12.8 Å². The molecule has 8 heteroatoms. The molecule has 132 valence electrons. The molecule has 0 fully saturated rings. The minimum atomic E-state index is -4.32. The second-order valence-corrected chi connectivity index (χ2v) is 5.25. The van der Waals surface area contributed by atoms with Crippen molar-refractivity contribution < 1.29 is 17.9 Å². The summed E-state index contributed by atoms with van der Waals surface area (Å²) >= 11 is 0. The van der Waals surface area contributed by atoms with Gasteiger partial charge < -0.3 is 15.4 Å². The molecular weight excluding hydrogens is 422 g/mol. The summed E-state index contributed by atoms with van der Waals surface area (Å²) in [7, 11) is 1.68. The normalized spacial score (nSPS) is 11.9. The largest absolute Gasteiger partial charge is 0.484 e. The zero-order valence-corrected chi connectivity index (χ0v) is 15.7. The molecule has 1 aromatic carbocycles. The average molecular weight is 445 g/mol. The predicted molar refractivity (Wildman–Crippen MR) is 96.4 cm³/mol. The summed E-state index contributed by atoms with van der Waals surface area (Å²) < 4.78 is 40.8. The molecule has 0 amide bonds. The van der Waals surface area contributed by atoms with Crippen molar-refractivity contribution in [1.29, 1.82) is 0 Å². The van der Waals surface area contributed by atoms with E-state index >= 15 is 0 Å². The van der Waals surface area contributed by atoms with Crippen molar-refractivity contribution in [3.8, 4) is 5.75 Å². The molecule has 0 unspecified atom stereocenters. The molecule has 0 radical (unpaired) electrons. The van der Waals surface area contributed by atoms with Crippen LogP contribution in [0, 0.1) is 5.92 Å². The molecule has 23 heavy (non-hydrogen) atoms. The zero-order chi connectivity index (χ0) is 16.6. The van der Waals surface area contributed by atoms with E-state index in [1.165, 1.54) is 12.1 Å². The van der Waals surface area contributed by atoms with Crippen LogP contribution < -0.4 is 15.4 Å². The summed E-state index contributed by atoms with van der Waals surface area (Å²) in [5.41, 5.74) is 0.923. The Balaban J connectivity index is 0.00000484. The Bertz CT molecular complexity index is 476. The third-order valence-electron chi connectivity index (χ3n) is 2.69. The number of ether oxygens (including phenoxy) is 1. The van der Waals surface area contributed by atoms with E-state index in [-0.39, 0.29) is 29.7 Å². The number of aliphatic imine (C=N–C) groups is 1. The number of guanidine groups is 1. The Morgan fingerprint density at radius 1 is 1.17 bits per heavy atom. The van der Waals surface area contributed by atoms with Crippen molar-refractivity contribution >= 4 is 29.9 Å². The molecule has 0 aliphatic carbocycles. The minimum absolute atomic E-state index is 0. The van der Waals surface area contributed by atoms with E-state index in [4.69, 9.17) is 0 Å². The second kappa shape index (κ2) is 10.6. The van der Waals surface area contributed by atoms with Crippen molar-refractivity contribution in [3.05, 3.63) is 29.8 Å². The number of nitrogens with one attached hydrogen (secondary N) is 2. The van der Waals surface area contributed by atoms with Gasteiger partial charge in [-0.25, -0.2) is 0 Å². The van der Waals surface area contributed by atoms with Crippen LogP contribution in [0.15, 0.2) is 29.3 Å². The van der Waals surface area contributed by atoms with Gasteiger partial charge in [0.15, 0.2) is 12.6 Å². The number of benzene rings is 1. The zero-order valence-electron chi connectivity index (χ0n) is 13.4. The SMILES string of the molecule is CN=C(NCc1ccc(OCC(F)(F)F)cc1)NCC(C)C.I. The lowest BCUT2D eigenvalue weighted by atomic mass is 10.2. The van der Waals surface area contributed by atoms with Crippen LogP contribution in [0.25, 0.3) is 0 Å². The molecule has 0 heterocycles. The fraction of sp³-hybridized carbons (Fsp3) is 0.533. The first-order valence-electron chi connectivity index (χ1n) is 7.03. The van der Waals surface area contributed by atoms with Gasteiger partial charge in [-0.05, 0) is 23.6 Å². The fourth-order valence-electron chi connectivity index (χ4n) is 1.58. The van der Waals surface area contributed by atoms with E-state index in [0.29, 0.717) is 18.4 Å². The third kappa shape index (κ3) is 10.2. The summed E-state index contributed by atoms with van der Waals surface area (Å²) in [4.78, 5) is 4.09. The first-order chi connectivity index (χ1) is 10.3. The summed E-state index contributed by atoms with van der Waals surface area (Å²) in [6, 6.07) is 6.48. The average Bonchev–Trinajstić information content (AvgIpc) is 2.45. The van der Waals surface area contributed by atoms with Crippen molar-refractivity contribution in [2.75, 3.05) is 20.2 Å². The van der Waals surface area contributed by atoms with Crippen LogP contribution in [-0.2, 0) is 6.54 Å². The summed E-state index contributed by atoms with van der Waals surface area (Å²) in [5, 5.41) is 6.31. The Morgan fingerprint density at radius 2 is 1.78 bits per heavy atom. The lowest BCUT2D eigenvalue weighted by Gasteiger charge is -2.14. The van der Waals surface area contributed by atoms with Crippen LogP contribution in [0.3, 0.4) is 0 Å². The van der Waals surface area contributed by atoms with Gasteiger partial charge in [0.1, 0.15) is 5.75 Å². The van der Waals surface area contributed by atoms with Gasteiger partial charge >= 0.3 is 6.18 Å². The number of rotatable bonds is 6. The van der Waals surface area contributed by atoms with Crippen molar-refractivity contribution in [2.24, 2.45) is 10.9 Å². The molecule has 0 atom stereocenters. The van der Waals surface area contributed by atoms with E-state index in [2.05, 4.69) is 34.2 Å². The van der Waals surface area contributed by atoms with Gasteiger partial charge in [-0.15, -0.1) is 24.0 Å². The highest BCUT2D eigenvalue weighted by Gasteiger charge is 2.28. The highest BCUT2D eigenvalue weighted by atomic mass is 127. The van der Waals surface area contributed by atoms with Crippen molar-refractivity contribution in [3.63, 3.8) is 0 Å². The molecule has 0 bridgehead atoms. The van der Waals surface area contributed by atoms with Gasteiger partial charge in [-0.2, -0.15) is 13.2 Å². The molecule has 0 spiro atoms. The van der Waals surface area contributed by atoms with Crippen LogP contribution in [0.5, 0.6) is 5.75 Å². The fourth-order valence-corrected chi connectivity index (χ4v) is 1.58. The van der Waals surface area contributed by atoms with Crippen LogP contribution in [-0.4, -0.2) is 32.3 Å². The Hall–Kier alpha value is -1.19.